The molecule has 1 aromatic rings. The number of hydrogen-bond acceptors (Lipinski definition) is 5. The van der Waals surface area contributed by atoms with Crippen molar-refractivity contribution in [1.82, 2.24) is 19.8 Å². The Hall–Kier alpha value is -1.53. The topological polar surface area (TPSA) is 58.6 Å². The maximum Gasteiger partial charge on any atom is 0.219 e. The molecule has 0 unspecified atom stereocenters. The molecule has 0 bridgehead atoms. The molecule has 6 heteroatoms. The lowest BCUT2D eigenvalue weighted by Crippen LogP contribution is -2.33. The van der Waals surface area contributed by atoms with E-state index in [1.54, 1.807) is 6.92 Å². The van der Waals surface area contributed by atoms with Crippen molar-refractivity contribution in [3.63, 3.8) is 0 Å². The quantitative estimate of drug-likeness (QED) is 0.846. The van der Waals surface area contributed by atoms with Gasteiger partial charge in [-0.15, -0.1) is 0 Å². The minimum absolute atomic E-state index is 0.169. The molecule has 6 nitrogen and oxygen atoms in total. The molecule has 1 atom stereocenters. The van der Waals surface area contributed by atoms with Gasteiger partial charge in [-0.1, -0.05) is 0 Å². The van der Waals surface area contributed by atoms with E-state index in [2.05, 4.69) is 16.8 Å². The van der Waals surface area contributed by atoms with Gasteiger partial charge >= 0.3 is 0 Å². The fourth-order valence-corrected chi connectivity index (χ4v) is 3.37. The zero-order valence-electron chi connectivity index (χ0n) is 14.1. The van der Waals surface area contributed by atoms with E-state index >= 15 is 0 Å². The van der Waals surface area contributed by atoms with E-state index in [1.165, 1.54) is 0 Å². The smallest absolute Gasteiger partial charge is 0.219 e. The van der Waals surface area contributed by atoms with E-state index in [9.17, 15) is 4.79 Å². The first kappa shape index (κ1) is 16.3. The third-order valence-electron chi connectivity index (χ3n) is 4.82. The summed E-state index contributed by atoms with van der Waals surface area (Å²) in [6, 6.07) is 1.98. The number of aromatic nitrogens is 2. The lowest BCUT2D eigenvalue weighted by Gasteiger charge is -2.23. The summed E-state index contributed by atoms with van der Waals surface area (Å²) in [7, 11) is 0. The fraction of sp³-hybridized carbons (Fsp3) is 0.706. The van der Waals surface area contributed by atoms with Crippen molar-refractivity contribution in [1.29, 1.82) is 0 Å². The molecule has 0 spiro atoms. The Balaban J connectivity index is 1.65. The summed E-state index contributed by atoms with van der Waals surface area (Å²) >= 11 is 0. The van der Waals surface area contributed by atoms with Gasteiger partial charge in [-0.2, -0.15) is 0 Å². The van der Waals surface area contributed by atoms with Crippen LogP contribution in [0.2, 0.25) is 0 Å². The van der Waals surface area contributed by atoms with Gasteiger partial charge < -0.3 is 9.64 Å². The lowest BCUT2D eigenvalue weighted by atomic mass is 10.0. The average molecular weight is 318 g/mol. The van der Waals surface area contributed by atoms with Gasteiger partial charge in [0.15, 0.2) is 5.82 Å². The first-order chi connectivity index (χ1) is 11.1. The molecule has 1 amide bonds. The van der Waals surface area contributed by atoms with Crippen molar-refractivity contribution in [3.8, 4) is 0 Å². The molecule has 0 radical (unpaired) electrons. The van der Waals surface area contributed by atoms with Gasteiger partial charge in [0.25, 0.3) is 0 Å². The Morgan fingerprint density at radius 1 is 1.30 bits per heavy atom. The zero-order chi connectivity index (χ0) is 16.3. The van der Waals surface area contributed by atoms with Crippen molar-refractivity contribution < 1.29 is 9.53 Å². The molecule has 0 saturated carbocycles. The highest BCUT2D eigenvalue weighted by Gasteiger charge is 2.34. The maximum atomic E-state index is 11.5. The Labute approximate surface area is 137 Å². The van der Waals surface area contributed by atoms with E-state index in [-0.39, 0.29) is 11.5 Å². The molecule has 2 aliphatic heterocycles. The Morgan fingerprint density at radius 3 is 2.91 bits per heavy atom. The number of nitrogens with zero attached hydrogens (tertiary/aromatic N) is 4. The Bertz CT molecular complexity index is 557. The molecule has 2 saturated heterocycles. The SMILES string of the molecule is CC(=O)N1CCCN(Cc2ccnc([C@]3(C)CCCO3)n2)CC1. The van der Waals surface area contributed by atoms with Crippen LogP contribution < -0.4 is 0 Å². The predicted molar refractivity (Wildman–Crippen MR) is 86.7 cm³/mol. The molecule has 3 rings (SSSR count). The number of carbonyl (C=O) groups is 1. The second kappa shape index (κ2) is 6.93. The molecule has 3 heterocycles. The van der Waals surface area contributed by atoms with Crippen molar-refractivity contribution in [3.05, 3.63) is 23.8 Å². The third-order valence-corrected chi connectivity index (χ3v) is 4.82. The van der Waals surface area contributed by atoms with Crippen LogP contribution in [-0.4, -0.2) is 58.5 Å². The molecule has 0 N–H and O–H groups in total. The molecule has 2 fully saturated rings. The summed E-state index contributed by atoms with van der Waals surface area (Å²) in [5, 5.41) is 0. The molecule has 0 aromatic carbocycles. The van der Waals surface area contributed by atoms with Gasteiger partial charge in [-0.05, 0) is 32.3 Å². The summed E-state index contributed by atoms with van der Waals surface area (Å²) < 4.78 is 5.85. The van der Waals surface area contributed by atoms with Crippen LogP contribution in [0.5, 0.6) is 0 Å². The van der Waals surface area contributed by atoms with Gasteiger partial charge in [-0.3, -0.25) is 9.69 Å². The van der Waals surface area contributed by atoms with E-state index in [0.29, 0.717) is 0 Å². The third kappa shape index (κ3) is 3.87. The van der Waals surface area contributed by atoms with Crippen molar-refractivity contribution in [2.24, 2.45) is 0 Å². The number of amides is 1. The largest absolute Gasteiger partial charge is 0.367 e. The van der Waals surface area contributed by atoms with Crippen molar-refractivity contribution in [2.75, 3.05) is 32.8 Å². The van der Waals surface area contributed by atoms with Crippen LogP contribution >= 0.6 is 0 Å². The monoisotopic (exact) mass is 318 g/mol. The van der Waals surface area contributed by atoms with E-state index < -0.39 is 0 Å². The van der Waals surface area contributed by atoms with Gasteiger partial charge in [0.05, 0.1) is 5.69 Å². The van der Waals surface area contributed by atoms with E-state index in [0.717, 1.165) is 70.1 Å². The lowest BCUT2D eigenvalue weighted by molar-refractivity contribution is -0.128. The molecule has 2 aliphatic rings. The van der Waals surface area contributed by atoms with Crippen LogP contribution in [0.3, 0.4) is 0 Å². The highest BCUT2D eigenvalue weighted by Crippen LogP contribution is 2.33. The highest BCUT2D eigenvalue weighted by atomic mass is 16.5. The van der Waals surface area contributed by atoms with Crippen LogP contribution in [-0.2, 0) is 21.7 Å². The summed E-state index contributed by atoms with van der Waals surface area (Å²) in [6.45, 7) is 8.86. The van der Waals surface area contributed by atoms with Crippen LogP contribution in [0.4, 0.5) is 0 Å². The Morgan fingerprint density at radius 2 is 2.17 bits per heavy atom. The van der Waals surface area contributed by atoms with Crippen LogP contribution in [0.25, 0.3) is 0 Å². The standard InChI is InChI=1S/C17H26N4O2/c1-14(22)21-9-4-8-20(10-11-21)13-15-5-7-18-16(19-15)17(2)6-3-12-23-17/h5,7H,3-4,6,8-13H2,1-2H3/t17-/m0/s1. The fourth-order valence-electron chi connectivity index (χ4n) is 3.37. The van der Waals surface area contributed by atoms with Gasteiger partial charge in [-0.25, -0.2) is 9.97 Å². The van der Waals surface area contributed by atoms with E-state index in [4.69, 9.17) is 9.72 Å². The summed E-state index contributed by atoms with van der Waals surface area (Å²) in [6.07, 6.45) is 4.90. The average Bonchev–Trinajstić information content (AvgIpc) is 2.85. The van der Waals surface area contributed by atoms with Crippen LogP contribution in [0, 0.1) is 0 Å². The zero-order valence-corrected chi connectivity index (χ0v) is 14.1. The van der Waals surface area contributed by atoms with Crippen LogP contribution in [0.1, 0.15) is 44.6 Å². The number of rotatable bonds is 3. The van der Waals surface area contributed by atoms with Gasteiger partial charge in [0.1, 0.15) is 5.60 Å². The Kier molecular flexibility index (Phi) is 4.92. The molecular formula is C17H26N4O2. The van der Waals surface area contributed by atoms with E-state index in [1.807, 2.05) is 17.2 Å². The summed E-state index contributed by atoms with van der Waals surface area (Å²) in [5.41, 5.74) is 0.697. The highest BCUT2D eigenvalue weighted by molar-refractivity contribution is 5.73. The predicted octanol–water partition coefficient (Wildman–Crippen LogP) is 1.56. The maximum absolute atomic E-state index is 11.5. The van der Waals surface area contributed by atoms with Gasteiger partial charge in [0, 0.05) is 52.5 Å². The summed E-state index contributed by atoms with van der Waals surface area (Å²) in [4.78, 5) is 25.0. The number of hydrogen-bond donors (Lipinski definition) is 0. The number of ether oxygens (including phenoxy) is 1. The molecule has 126 valence electrons. The van der Waals surface area contributed by atoms with Gasteiger partial charge in [0.2, 0.25) is 5.91 Å². The minimum Gasteiger partial charge on any atom is -0.367 e. The molecule has 23 heavy (non-hydrogen) atoms. The van der Waals surface area contributed by atoms with Crippen LogP contribution in [0.15, 0.2) is 12.3 Å². The first-order valence-electron chi connectivity index (χ1n) is 8.51. The second-order valence-electron chi connectivity index (χ2n) is 6.69. The molecular weight excluding hydrogens is 292 g/mol. The van der Waals surface area contributed by atoms with Crippen molar-refractivity contribution >= 4 is 5.91 Å². The summed E-state index contributed by atoms with van der Waals surface area (Å²) in [5.74, 6) is 0.968. The number of carbonyl (C=O) groups excluding carboxylic acids is 1. The van der Waals surface area contributed by atoms with Crippen molar-refractivity contribution in [2.45, 2.75) is 45.3 Å². The normalized spacial score (nSPS) is 26.3. The second-order valence-corrected chi connectivity index (χ2v) is 6.69. The molecule has 0 aliphatic carbocycles. The first-order valence-corrected chi connectivity index (χ1v) is 8.51. The minimum atomic E-state index is -0.333. The molecule has 1 aromatic heterocycles.